The second-order valence-electron chi connectivity index (χ2n) is 11.7. The highest BCUT2D eigenvalue weighted by atomic mass is 35.5. The van der Waals surface area contributed by atoms with E-state index < -0.39 is 0 Å². The van der Waals surface area contributed by atoms with Gasteiger partial charge in [-0.25, -0.2) is 0 Å². The van der Waals surface area contributed by atoms with Crippen molar-refractivity contribution in [3.05, 3.63) is 40.9 Å². The van der Waals surface area contributed by atoms with E-state index in [9.17, 15) is 9.59 Å². The van der Waals surface area contributed by atoms with Crippen LogP contribution in [0.1, 0.15) is 94.5 Å². The normalized spacial score (nSPS) is 24.1. The number of hydrogen-bond acceptors (Lipinski definition) is 4. The van der Waals surface area contributed by atoms with Gasteiger partial charge in [-0.2, -0.15) is 0 Å². The van der Waals surface area contributed by atoms with Crippen LogP contribution < -0.4 is 20.9 Å². The fourth-order valence-electron chi connectivity index (χ4n) is 6.33. The van der Waals surface area contributed by atoms with Crippen LogP contribution in [-0.2, 0) is 4.79 Å². The van der Waals surface area contributed by atoms with Crippen molar-refractivity contribution >= 4 is 29.1 Å². The van der Waals surface area contributed by atoms with Crippen LogP contribution in [0, 0.1) is 18.8 Å². The number of carbonyl (C=O) groups excluding carboxylic acids is 2. The third-order valence-corrected chi connectivity index (χ3v) is 8.73. The summed E-state index contributed by atoms with van der Waals surface area (Å²) in [6.07, 6.45) is 12.1. The van der Waals surface area contributed by atoms with Crippen molar-refractivity contribution in [1.29, 1.82) is 0 Å². The van der Waals surface area contributed by atoms with Crippen LogP contribution in [-0.4, -0.2) is 49.6 Å². The minimum Gasteiger partial charge on any atom is -0.364 e. The molecule has 2 fully saturated rings. The molecule has 6 nitrogen and oxygen atoms in total. The van der Waals surface area contributed by atoms with Gasteiger partial charge in [-0.3, -0.25) is 9.59 Å². The summed E-state index contributed by atoms with van der Waals surface area (Å²) in [5.74, 6) is -0.173. The predicted octanol–water partition coefficient (Wildman–Crippen LogP) is 6.01. The molecule has 0 radical (unpaired) electrons. The topological polar surface area (TPSA) is 73.5 Å². The van der Waals surface area contributed by atoms with Gasteiger partial charge in [0, 0.05) is 40.9 Å². The largest absolute Gasteiger partial charge is 0.364 e. The molecule has 0 aliphatic carbocycles. The molecule has 2 amide bonds. The van der Waals surface area contributed by atoms with E-state index in [2.05, 4.69) is 48.2 Å². The molecule has 0 spiro atoms. The van der Waals surface area contributed by atoms with Crippen molar-refractivity contribution in [3.63, 3.8) is 0 Å². The molecular formula is C31H49ClN4O2. The van der Waals surface area contributed by atoms with Crippen molar-refractivity contribution < 1.29 is 9.59 Å². The van der Waals surface area contributed by atoms with Crippen molar-refractivity contribution in [3.8, 4) is 0 Å². The number of benzene rings is 1. The van der Waals surface area contributed by atoms with E-state index in [-0.39, 0.29) is 29.2 Å². The van der Waals surface area contributed by atoms with Gasteiger partial charge in [-0.15, -0.1) is 6.58 Å². The number of anilines is 1. The molecule has 212 valence electrons. The number of nitrogens with one attached hydrogen (secondary N) is 3. The zero-order valence-electron chi connectivity index (χ0n) is 24.0. The number of hydrogen-bond donors (Lipinski definition) is 3. The highest BCUT2D eigenvalue weighted by molar-refractivity contribution is 6.31. The van der Waals surface area contributed by atoms with E-state index in [4.69, 9.17) is 11.6 Å². The summed E-state index contributed by atoms with van der Waals surface area (Å²) in [6, 6.07) is 4.07. The molecule has 3 unspecified atom stereocenters. The highest BCUT2D eigenvalue weighted by Crippen LogP contribution is 2.34. The van der Waals surface area contributed by atoms with Gasteiger partial charge in [0.25, 0.3) is 5.91 Å². The molecule has 2 aliphatic heterocycles. The molecule has 0 bridgehead atoms. The first-order valence-corrected chi connectivity index (χ1v) is 15.1. The summed E-state index contributed by atoms with van der Waals surface area (Å²) in [4.78, 5) is 28.8. The van der Waals surface area contributed by atoms with Gasteiger partial charge in [0.15, 0.2) is 0 Å². The number of nitrogens with zero attached hydrogens (tertiary/aromatic N) is 1. The Morgan fingerprint density at radius 1 is 1.24 bits per heavy atom. The van der Waals surface area contributed by atoms with E-state index in [1.54, 1.807) is 6.07 Å². The molecule has 2 saturated heterocycles. The van der Waals surface area contributed by atoms with Gasteiger partial charge in [0.1, 0.15) is 0 Å². The molecule has 0 aromatic heterocycles. The molecule has 3 atom stereocenters. The van der Waals surface area contributed by atoms with Gasteiger partial charge in [-0.05, 0) is 76.2 Å². The van der Waals surface area contributed by atoms with Crippen molar-refractivity contribution in [2.24, 2.45) is 11.8 Å². The number of unbranched alkanes of at least 4 members (excludes halogenated alkanes) is 4. The first-order valence-electron chi connectivity index (χ1n) is 14.7. The molecule has 0 saturated carbocycles. The van der Waals surface area contributed by atoms with E-state index in [1.165, 1.54) is 25.7 Å². The highest BCUT2D eigenvalue weighted by Gasteiger charge is 2.40. The monoisotopic (exact) mass is 544 g/mol. The summed E-state index contributed by atoms with van der Waals surface area (Å²) >= 11 is 6.54. The average Bonchev–Trinajstić information content (AvgIpc) is 2.88. The molecule has 7 heteroatoms. The number of amides is 2. The second kappa shape index (κ2) is 14.4. The van der Waals surface area contributed by atoms with Gasteiger partial charge < -0.3 is 20.9 Å². The molecule has 1 aromatic carbocycles. The Morgan fingerprint density at radius 2 is 1.95 bits per heavy atom. The summed E-state index contributed by atoms with van der Waals surface area (Å²) < 4.78 is 0. The third-order valence-electron chi connectivity index (χ3n) is 8.51. The van der Waals surface area contributed by atoms with Crippen molar-refractivity contribution in [1.82, 2.24) is 16.0 Å². The fourth-order valence-corrected chi connectivity index (χ4v) is 6.54. The van der Waals surface area contributed by atoms with Gasteiger partial charge in [0.2, 0.25) is 5.91 Å². The first-order chi connectivity index (χ1) is 18.2. The smallest absolute Gasteiger partial charge is 0.251 e. The summed E-state index contributed by atoms with van der Waals surface area (Å²) in [7, 11) is 0. The predicted molar refractivity (Wildman–Crippen MR) is 159 cm³/mol. The molecule has 3 rings (SSSR count). The first kappa shape index (κ1) is 30.5. The second-order valence-corrected chi connectivity index (χ2v) is 12.2. The van der Waals surface area contributed by atoms with Gasteiger partial charge in [-0.1, -0.05) is 63.6 Å². The minimum absolute atomic E-state index is 0.0479. The quantitative estimate of drug-likeness (QED) is 0.210. The van der Waals surface area contributed by atoms with Gasteiger partial charge in [0.05, 0.1) is 5.92 Å². The van der Waals surface area contributed by atoms with Crippen LogP contribution in [0.2, 0.25) is 5.02 Å². The molecule has 3 N–H and O–H groups in total. The van der Waals surface area contributed by atoms with Crippen LogP contribution >= 0.6 is 11.6 Å². The molecule has 2 heterocycles. The van der Waals surface area contributed by atoms with E-state index >= 15 is 0 Å². The molecule has 38 heavy (non-hydrogen) atoms. The van der Waals surface area contributed by atoms with Crippen LogP contribution in [0.15, 0.2) is 24.8 Å². The van der Waals surface area contributed by atoms with E-state index in [0.717, 1.165) is 56.4 Å². The SMILES string of the molecule is C=CCN(c1cc(Cl)cc(C(=O)NCC2C(=O)NC(C)(CCCCCCC)CC2C)c1C)C1CCNCC1. The fraction of sp³-hybridized carbons (Fsp3) is 0.677. The maximum absolute atomic E-state index is 13.4. The van der Waals surface area contributed by atoms with E-state index in [1.807, 2.05) is 19.1 Å². The van der Waals surface area contributed by atoms with Crippen LogP contribution in [0.4, 0.5) is 5.69 Å². The van der Waals surface area contributed by atoms with Crippen LogP contribution in [0.25, 0.3) is 0 Å². The lowest BCUT2D eigenvalue weighted by molar-refractivity contribution is -0.132. The Kier molecular flexibility index (Phi) is 11.5. The van der Waals surface area contributed by atoms with Crippen LogP contribution in [0.5, 0.6) is 0 Å². The maximum Gasteiger partial charge on any atom is 0.251 e. The standard InChI is InChI=1S/C31H49ClN4O2/c1-6-8-9-10-11-14-31(5)20-22(3)27(30(38)35-31)21-34-29(37)26-18-24(32)19-28(23(26)4)36(17-7-2)25-12-15-33-16-13-25/h7,18-19,22,25,27,33H,2,6,8-17,20-21H2,1,3-5H3,(H,34,37)(H,35,38). The number of halogens is 1. The van der Waals surface area contributed by atoms with Crippen molar-refractivity contribution in [2.45, 2.75) is 97.1 Å². The lowest BCUT2D eigenvalue weighted by Gasteiger charge is -2.42. The maximum atomic E-state index is 13.4. The average molecular weight is 545 g/mol. The van der Waals surface area contributed by atoms with Crippen LogP contribution in [0.3, 0.4) is 0 Å². The summed E-state index contributed by atoms with van der Waals surface area (Å²) in [5, 5.41) is 10.3. The Bertz CT molecular complexity index is 961. The Balaban J connectivity index is 1.65. The Labute approximate surface area is 235 Å². The number of rotatable bonds is 13. The summed E-state index contributed by atoms with van der Waals surface area (Å²) in [6.45, 7) is 15.5. The van der Waals surface area contributed by atoms with Gasteiger partial charge >= 0.3 is 0 Å². The van der Waals surface area contributed by atoms with Crippen molar-refractivity contribution in [2.75, 3.05) is 31.1 Å². The summed E-state index contributed by atoms with van der Waals surface area (Å²) in [5.41, 5.74) is 2.29. The Morgan fingerprint density at radius 3 is 2.61 bits per heavy atom. The number of piperidine rings is 2. The Hall–Kier alpha value is -2.05. The lowest BCUT2D eigenvalue weighted by atomic mass is 9.75. The third kappa shape index (κ3) is 7.98. The molecular weight excluding hydrogens is 496 g/mol. The van der Waals surface area contributed by atoms with E-state index in [0.29, 0.717) is 29.7 Å². The molecule has 1 aromatic rings. The zero-order chi connectivity index (χ0) is 27.7. The zero-order valence-corrected chi connectivity index (χ0v) is 24.8. The lowest BCUT2D eigenvalue weighted by Crippen LogP contribution is -2.57. The molecule has 2 aliphatic rings. The number of carbonyl (C=O) groups is 2. The minimum atomic E-state index is -0.238.